The van der Waals surface area contributed by atoms with Gasteiger partial charge in [-0.15, -0.1) is 0 Å². The van der Waals surface area contributed by atoms with E-state index >= 15 is 0 Å². The fourth-order valence-electron chi connectivity index (χ4n) is 2.59. The van der Waals surface area contributed by atoms with Crippen LogP contribution in [-0.4, -0.2) is 17.5 Å². The Bertz CT molecular complexity index is 464. The van der Waals surface area contributed by atoms with Gasteiger partial charge in [0.25, 0.3) is 0 Å². The van der Waals surface area contributed by atoms with Crippen LogP contribution in [0.2, 0.25) is 0 Å². The predicted molar refractivity (Wildman–Crippen MR) is 69.4 cm³/mol. The second-order valence-corrected chi connectivity index (χ2v) is 5.39. The summed E-state index contributed by atoms with van der Waals surface area (Å²) >= 11 is 0. The molecule has 3 heteroatoms. The van der Waals surface area contributed by atoms with Crippen molar-refractivity contribution in [3.05, 3.63) is 35.1 Å². The molecule has 18 heavy (non-hydrogen) atoms. The first-order chi connectivity index (χ1) is 8.60. The third-order valence-corrected chi connectivity index (χ3v) is 3.78. The molecule has 1 heterocycles. The average molecular weight is 246 g/mol. The third-order valence-electron chi connectivity index (χ3n) is 3.78. The molecule has 0 spiro atoms. The van der Waals surface area contributed by atoms with E-state index in [1.54, 1.807) is 12.1 Å². The minimum absolute atomic E-state index is 0.144. The van der Waals surface area contributed by atoms with Crippen LogP contribution in [0.15, 0.2) is 18.2 Å². The van der Waals surface area contributed by atoms with Crippen LogP contribution in [0.1, 0.15) is 37.8 Å². The van der Waals surface area contributed by atoms with Gasteiger partial charge in [0.2, 0.25) is 0 Å². The molecule has 1 aromatic rings. The van der Waals surface area contributed by atoms with Gasteiger partial charge in [-0.1, -0.05) is 13.0 Å². The van der Waals surface area contributed by atoms with E-state index < -0.39 is 5.82 Å². The summed E-state index contributed by atoms with van der Waals surface area (Å²) in [6.45, 7) is 6.39. The smallest absolute Gasteiger partial charge is 0.140 e. The van der Waals surface area contributed by atoms with Crippen LogP contribution >= 0.6 is 0 Å². The second kappa shape index (κ2) is 5.49. The Morgan fingerprint density at radius 2 is 2.17 bits per heavy atom. The molecule has 0 N–H and O–H groups in total. The van der Waals surface area contributed by atoms with Crippen LogP contribution in [0.5, 0.6) is 0 Å². The van der Waals surface area contributed by atoms with Gasteiger partial charge in [0.05, 0.1) is 5.56 Å². The molecule has 1 aliphatic heterocycles. The predicted octanol–water partition coefficient (Wildman–Crippen LogP) is 3.32. The molecule has 1 saturated heterocycles. The van der Waals surface area contributed by atoms with Crippen LogP contribution in [0.25, 0.3) is 0 Å². The molecular formula is C15H19FN2. The minimum atomic E-state index is -0.429. The fourth-order valence-corrected chi connectivity index (χ4v) is 2.59. The lowest BCUT2D eigenvalue weighted by Gasteiger charge is -2.36. The highest BCUT2D eigenvalue weighted by Crippen LogP contribution is 2.23. The minimum Gasteiger partial charge on any atom is -0.296 e. The molecule has 1 aliphatic rings. The number of rotatable bonds is 2. The molecule has 0 bridgehead atoms. The quantitative estimate of drug-likeness (QED) is 0.800. The van der Waals surface area contributed by atoms with Gasteiger partial charge in [-0.25, -0.2) is 4.39 Å². The molecule has 2 rings (SSSR count). The van der Waals surface area contributed by atoms with Crippen LogP contribution in [0.3, 0.4) is 0 Å². The molecule has 0 radical (unpaired) electrons. The number of nitrogens with zero attached hydrogens (tertiary/aromatic N) is 2. The molecule has 96 valence electrons. The molecule has 2 unspecified atom stereocenters. The van der Waals surface area contributed by atoms with Crippen LogP contribution < -0.4 is 0 Å². The number of likely N-dealkylation sites (tertiary alicyclic amines) is 1. The van der Waals surface area contributed by atoms with E-state index in [1.165, 1.54) is 18.9 Å². The summed E-state index contributed by atoms with van der Waals surface area (Å²) in [5.41, 5.74) is 1.17. The number of hydrogen-bond donors (Lipinski definition) is 0. The summed E-state index contributed by atoms with van der Waals surface area (Å²) in [5, 5.41) is 8.84. The molecular weight excluding hydrogens is 227 g/mol. The Balaban J connectivity index is 2.11. The Labute approximate surface area is 108 Å². The highest BCUT2D eigenvalue weighted by Gasteiger charge is 2.22. The summed E-state index contributed by atoms with van der Waals surface area (Å²) in [6, 6.07) is 7.31. The number of nitriles is 1. The molecule has 1 aromatic carbocycles. The number of halogens is 1. The topological polar surface area (TPSA) is 27.0 Å². The van der Waals surface area contributed by atoms with Crippen molar-refractivity contribution in [2.75, 3.05) is 6.54 Å². The van der Waals surface area contributed by atoms with Gasteiger partial charge < -0.3 is 0 Å². The van der Waals surface area contributed by atoms with Crippen molar-refractivity contribution in [2.24, 2.45) is 5.92 Å². The van der Waals surface area contributed by atoms with Gasteiger partial charge in [-0.3, -0.25) is 4.90 Å². The van der Waals surface area contributed by atoms with E-state index in [2.05, 4.69) is 18.7 Å². The lowest BCUT2D eigenvalue weighted by molar-refractivity contribution is 0.117. The summed E-state index contributed by atoms with van der Waals surface area (Å²) < 4.78 is 13.3. The lowest BCUT2D eigenvalue weighted by atomic mass is 9.94. The van der Waals surface area contributed by atoms with Crippen LogP contribution in [0, 0.1) is 23.1 Å². The van der Waals surface area contributed by atoms with Crippen LogP contribution in [-0.2, 0) is 6.54 Å². The van der Waals surface area contributed by atoms with Crippen molar-refractivity contribution in [3.8, 4) is 6.07 Å². The second-order valence-electron chi connectivity index (χ2n) is 5.39. The normalized spacial score (nSPS) is 24.8. The Hall–Kier alpha value is -1.40. The molecule has 0 saturated carbocycles. The van der Waals surface area contributed by atoms with Crippen molar-refractivity contribution in [1.29, 1.82) is 5.26 Å². The standard InChI is InChI=1S/C15H19FN2/c1-11-3-4-12(2)18(9-11)10-13-5-6-15(16)14(7-13)8-17/h5-7,11-12H,3-4,9-10H2,1-2H3. The first-order valence-electron chi connectivity index (χ1n) is 6.52. The summed E-state index contributed by atoms with van der Waals surface area (Å²) in [5.74, 6) is 0.290. The van der Waals surface area contributed by atoms with Gasteiger partial charge >= 0.3 is 0 Å². The summed E-state index contributed by atoms with van der Waals surface area (Å²) in [7, 11) is 0. The van der Waals surface area contributed by atoms with Crippen molar-refractivity contribution >= 4 is 0 Å². The highest BCUT2D eigenvalue weighted by molar-refractivity contribution is 5.34. The first kappa shape index (κ1) is 13.0. The number of benzene rings is 1. The largest absolute Gasteiger partial charge is 0.296 e. The maximum Gasteiger partial charge on any atom is 0.140 e. The Morgan fingerprint density at radius 1 is 1.39 bits per heavy atom. The Kier molecular flexibility index (Phi) is 3.98. The SMILES string of the molecule is CC1CCC(C)N(Cc2ccc(F)c(C#N)c2)C1. The zero-order valence-corrected chi connectivity index (χ0v) is 11.0. The van der Waals surface area contributed by atoms with E-state index in [-0.39, 0.29) is 5.56 Å². The van der Waals surface area contributed by atoms with E-state index in [4.69, 9.17) is 5.26 Å². The third kappa shape index (κ3) is 2.88. The van der Waals surface area contributed by atoms with Gasteiger partial charge in [-0.2, -0.15) is 5.26 Å². The molecule has 0 aromatic heterocycles. The highest BCUT2D eigenvalue weighted by atomic mass is 19.1. The lowest BCUT2D eigenvalue weighted by Crippen LogP contribution is -2.40. The van der Waals surface area contributed by atoms with Gasteiger partial charge in [0.1, 0.15) is 11.9 Å². The van der Waals surface area contributed by atoms with Crippen molar-refractivity contribution < 1.29 is 4.39 Å². The fraction of sp³-hybridized carbons (Fsp3) is 0.533. The zero-order chi connectivity index (χ0) is 13.1. The molecule has 0 aliphatic carbocycles. The van der Waals surface area contributed by atoms with Crippen molar-refractivity contribution in [3.63, 3.8) is 0 Å². The summed E-state index contributed by atoms with van der Waals surface area (Å²) in [6.07, 6.45) is 2.50. The number of hydrogen-bond acceptors (Lipinski definition) is 2. The maximum atomic E-state index is 13.3. The maximum absolute atomic E-state index is 13.3. The monoisotopic (exact) mass is 246 g/mol. The van der Waals surface area contributed by atoms with E-state index in [0.717, 1.165) is 24.6 Å². The van der Waals surface area contributed by atoms with Crippen LogP contribution in [0.4, 0.5) is 4.39 Å². The average Bonchev–Trinajstić information content (AvgIpc) is 2.36. The van der Waals surface area contributed by atoms with Gasteiger partial charge in [-0.05, 0) is 43.4 Å². The number of piperidine rings is 1. The first-order valence-corrected chi connectivity index (χ1v) is 6.52. The molecule has 2 nitrogen and oxygen atoms in total. The van der Waals surface area contributed by atoms with Crippen molar-refractivity contribution in [1.82, 2.24) is 4.90 Å². The van der Waals surface area contributed by atoms with E-state index in [1.807, 2.05) is 6.07 Å². The van der Waals surface area contributed by atoms with E-state index in [9.17, 15) is 4.39 Å². The molecule has 2 atom stereocenters. The van der Waals surface area contributed by atoms with Gasteiger partial charge in [0.15, 0.2) is 0 Å². The van der Waals surface area contributed by atoms with E-state index in [0.29, 0.717) is 6.04 Å². The summed E-state index contributed by atoms with van der Waals surface area (Å²) in [4.78, 5) is 2.42. The molecule has 0 amide bonds. The molecule has 1 fully saturated rings. The Morgan fingerprint density at radius 3 is 2.89 bits per heavy atom. The van der Waals surface area contributed by atoms with Gasteiger partial charge in [0, 0.05) is 19.1 Å². The zero-order valence-electron chi connectivity index (χ0n) is 11.0. The van der Waals surface area contributed by atoms with Crippen molar-refractivity contribution in [2.45, 2.75) is 39.3 Å².